The van der Waals surface area contributed by atoms with Gasteiger partial charge in [0.1, 0.15) is 5.84 Å². The van der Waals surface area contributed by atoms with Crippen LogP contribution in [0.4, 0.5) is 0 Å². The normalized spacial score (nSPS) is 18.2. The van der Waals surface area contributed by atoms with Crippen molar-refractivity contribution in [2.75, 3.05) is 0 Å². The lowest BCUT2D eigenvalue weighted by Crippen LogP contribution is -2.34. The highest BCUT2D eigenvalue weighted by molar-refractivity contribution is 6.12. The van der Waals surface area contributed by atoms with Crippen LogP contribution in [0.1, 0.15) is 54.0 Å². The standard InChI is InChI=1S/C42H33N4/c1-42(2)35-22-11-9-20-31(35)33-25-34-32-21-10-12-23-37(32)46(38(34)26-36(33)42)30-19-13-18-29(24-30)41-44-39(27-14-5-3-6-15-27)43-40(45-41)28-16-7-4-8-17-28/h3-26,39-40H,1-2H3,(H,44,45)/q-1. The van der Waals surface area contributed by atoms with Crippen LogP contribution in [0.2, 0.25) is 0 Å². The van der Waals surface area contributed by atoms with Gasteiger partial charge < -0.3 is 15.2 Å². The zero-order valence-electron chi connectivity index (χ0n) is 25.9. The van der Waals surface area contributed by atoms with Crippen LogP contribution in [0.25, 0.3) is 43.9 Å². The quantitative estimate of drug-likeness (QED) is 0.217. The van der Waals surface area contributed by atoms with Gasteiger partial charge in [0.25, 0.3) is 0 Å². The first-order valence-electron chi connectivity index (χ1n) is 16.0. The summed E-state index contributed by atoms with van der Waals surface area (Å²) in [5.41, 5.74) is 12.1. The molecule has 7 aromatic rings. The van der Waals surface area contributed by atoms with E-state index in [0.29, 0.717) is 0 Å². The SMILES string of the molecule is CC1(C)c2ccccc2-c2cc3c4ccccc4n(-c4cccc(C5=NC(c6ccccc6)[N-]C(c6ccccc6)N5)c4)c3cc21. The van der Waals surface area contributed by atoms with E-state index in [1.807, 2.05) is 12.1 Å². The molecule has 0 radical (unpaired) electrons. The average molecular weight is 594 g/mol. The fourth-order valence-corrected chi connectivity index (χ4v) is 7.48. The molecule has 4 heteroatoms. The molecule has 1 aromatic heterocycles. The molecular weight excluding hydrogens is 560 g/mol. The van der Waals surface area contributed by atoms with E-state index in [4.69, 9.17) is 10.3 Å². The van der Waals surface area contributed by atoms with Crippen LogP contribution >= 0.6 is 0 Å². The second kappa shape index (κ2) is 10.3. The Balaban J connectivity index is 1.21. The summed E-state index contributed by atoms with van der Waals surface area (Å²) in [6.07, 6.45) is -0.506. The molecule has 1 aliphatic heterocycles. The first kappa shape index (κ1) is 26.9. The molecule has 2 heterocycles. The Labute approximate surface area is 269 Å². The van der Waals surface area contributed by atoms with E-state index in [-0.39, 0.29) is 17.7 Å². The predicted molar refractivity (Wildman–Crippen MR) is 190 cm³/mol. The number of benzene rings is 6. The number of fused-ring (bicyclic) bond motifs is 6. The maximum absolute atomic E-state index is 5.16. The van der Waals surface area contributed by atoms with Crippen molar-refractivity contribution < 1.29 is 0 Å². The molecule has 1 N–H and O–H groups in total. The Kier molecular flexibility index (Phi) is 6.02. The van der Waals surface area contributed by atoms with Crippen molar-refractivity contribution in [1.82, 2.24) is 9.88 Å². The number of rotatable bonds is 4. The number of hydrogen-bond acceptors (Lipinski definition) is 2. The highest BCUT2D eigenvalue weighted by Crippen LogP contribution is 2.51. The van der Waals surface area contributed by atoms with Crippen LogP contribution in [-0.4, -0.2) is 10.4 Å². The van der Waals surface area contributed by atoms with Gasteiger partial charge in [-0.3, -0.25) is 4.99 Å². The lowest BCUT2D eigenvalue weighted by Gasteiger charge is -2.44. The summed E-state index contributed by atoms with van der Waals surface area (Å²) in [4.78, 5) is 5.16. The van der Waals surface area contributed by atoms with Crippen LogP contribution < -0.4 is 5.32 Å². The number of amidine groups is 1. The second-order valence-electron chi connectivity index (χ2n) is 12.9. The maximum Gasteiger partial charge on any atom is 0.126 e. The summed E-state index contributed by atoms with van der Waals surface area (Å²) < 4.78 is 2.42. The molecule has 4 nitrogen and oxygen atoms in total. The molecule has 0 fully saturated rings. The van der Waals surface area contributed by atoms with E-state index in [1.165, 1.54) is 44.1 Å². The molecule has 0 saturated carbocycles. The highest BCUT2D eigenvalue weighted by atomic mass is 15.3. The third-order valence-corrected chi connectivity index (χ3v) is 9.78. The zero-order chi connectivity index (χ0) is 30.8. The smallest absolute Gasteiger partial charge is 0.126 e. The molecule has 0 saturated heterocycles. The van der Waals surface area contributed by atoms with Crippen molar-refractivity contribution >= 4 is 27.6 Å². The molecule has 0 spiro atoms. The van der Waals surface area contributed by atoms with E-state index >= 15 is 0 Å². The van der Waals surface area contributed by atoms with Gasteiger partial charge >= 0.3 is 0 Å². The Hall–Kier alpha value is -5.45. The Morgan fingerprint density at radius 2 is 1.33 bits per heavy atom. The summed E-state index contributed by atoms with van der Waals surface area (Å²) in [6.45, 7) is 4.70. The van der Waals surface area contributed by atoms with Gasteiger partial charge in [-0.25, -0.2) is 0 Å². The van der Waals surface area contributed by atoms with Gasteiger partial charge in [-0.15, -0.1) is 0 Å². The third kappa shape index (κ3) is 4.14. The van der Waals surface area contributed by atoms with E-state index in [2.05, 4.69) is 157 Å². The Morgan fingerprint density at radius 1 is 0.609 bits per heavy atom. The molecule has 2 aliphatic rings. The minimum Gasteiger partial charge on any atom is -0.613 e. The van der Waals surface area contributed by atoms with E-state index in [0.717, 1.165) is 28.2 Å². The fourth-order valence-electron chi connectivity index (χ4n) is 7.48. The number of hydrogen-bond donors (Lipinski definition) is 1. The van der Waals surface area contributed by atoms with Gasteiger partial charge in [-0.05, 0) is 76.0 Å². The zero-order valence-corrected chi connectivity index (χ0v) is 25.9. The third-order valence-electron chi connectivity index (χ3n) is 9.78. The van der Waals surface area contributed by atoms with Crippen molar-refractivity contribution in [2.24, 2.45) is 4.99 Å². The summed E-state index contributed by atoms with van der Waals surface area (Å²) in [7, 11) is 0. The predicted octanol–water partition coefficient (Wildman–Crippen LogP) is 10.2. The van der Waals surface area contributed by atoms with Crippen molar-refractivity contribution in [3.8, 4) is 16.8 Å². The van der Waals surface area contributed by atoms with Crippen LogP contribution in [0.5, 0.6) is 0 Å². The molecule has 0 amide bonds. The van der Waals surface area contributed by atoms with Crippen molar-refractivity contribution in [2.45, 2.75) is 31.6 Å². The van der Waals surface area contributed by atoms with Gasteiger partial charge in [0.2, 0.25) is 0 Å². The number of aliphatic imine (C=N–C) groups is 1. The molecule has 0 bridgehead atoms. The largest absolute Gasteiger partial charge is 0.613 e. The molecule has 46 heavy (non-hydrogen) atoms. The maximum atomic E-state index is 5.16. The fraction of sp³-hybridized carbons (Fsp3) is 0.119. The second-order valence-corrected chi connectivity index (χ2v) is 12.9. The molecule has 1 aliphatic carbocycles. The van der Waals surface area contributed by atoms with Crippen LogP contribution in [0.3, 0.4) is 0 Å². The first-order valence-corrected chi connectivity index (χ1v) is 16.0. The molecule has 222 valence electrons. The summed E-state index contributed by atoms with van der Waals surface area (Å²) in [5.74, 6) is 0.845. The van der Waals surface area contributed by atoms with Crippen LogP contribution in [0, 0.1) is 0 Å². The number of aromatic nitrogens is 1. The summed E-state index contributed by atoms with van der Waals surface area (Å²) in [6, 6.07) is 52.0. The van der Waals surface area contributed by atoms with Crippen LogP contribution in [-0.2, 0) is 5.41 Å². The number of para-hydroxylation sites is 1. The molecule has 2 unspecified atom stereocenters. The number of nitrogens with zero attached hydrogens (tertiary/aromatic N) is 3. The topological polar surface area (TPSA) is 43.4 Å². The summed E-state index contributed by atoms with van der Waals surface area (Å²) >= 11 is 0. The lowest BCUT2D eigenvalue weighted by molar-refractivity contribution is 0.631. The van der Waals surface area contributed by atoms with E-state index < -0.39 is 0 Å². The van der Waals surface area contributed by atoms with E-state index in [9.17, 15) is 0 Å². The molecule has 9 rings (SSSR count). The minimum atomic E-state index is -0.300. The molecular formula is C42H33N4-. The number of nitrogens with one attached hydrogen (secondary N) is 1. The lowest BCUT2D eigenvalue weighted by atomic mass is 9.82. The van der Waals surface area contributed by atoms with Crippen molar-refractivity contribution in [3.05, 3.63) is 179 Å². The average Bonchev–Trinajstić information content (AvgIpc) is 3.56. The van der Waals surface area contributed by atoms with E-state index in [1.54, 1.807) is 0 Å². The first-order chi connectivity index (χ1) is 22.6. The van der Waals surface area contributed by atoms with Gasteiger partial charge in [0, 0.05) is 27.4 Å². The van der Waals surface area contributed by atoms with Gasteiger partial charge in [0.15, 0.2) is 0 Å². The van der Waals surface area contributed by atoms with Crippen LogP contribution in [0.15, 0.2) is 151 Å². The molecule has 6 aromatic carbocycles. The highest BCUT2D eigenvalue weighted by Gasteiger charge is 2.36. The summed E-state index contributed by atoms with van der Waals surface area (Å²) in [5, 5.41) is 11.3. The molecule has 2 atom stereocenters. The van der Waals surface area contributed by atoms with Crippen molar-refractivity contribution in [1.29, 1.82) is 0 Å². The van der Waals surface area contributed by atoms with Gasteiger partial charge in [-0.1, -0.05) is 129 Å². The minimum absolute atomic E-state index is 0.0770. The van der Waals surface area contributed by atoms with Gasteiger partial charge in [-0.2, -0.15) is 0 Å². The Bertz CT molecular complexity index is 2300. The van der Waals surface area contributed by atoms with Gasteiger partial charge in [0.05, 0.1) is 11.0 Å². The Morgan fingerprint density at radius 3 is 2.15 bits per heavy atom. The monoisotopic (exact) mass is 593 g/mol. The van der Waals surface area contributed by atoms with Crippen molar-refractivity contribution in [3.63, 3.8) is 0 Å².